The van der Waals surface area contributed by atoms with Crippen molar-refractivity contribution in [1.29, 1.82) is 0 Å². The maximum atomic E-state index is 11.8. The molecule has 24 heavy (non-hydrogen) atoms. The van der Waals surface area contributed by atoms with Crippen molar-refractivity contribution >= 4 is 44.6 Å². The highest BCUT2D eigenvalue weighted by Gasteiger charge is 2.26. The SMILES string of the molecule is CN[C@@H]1CCN(c2nc(N)nc3c2oc2ccc(S(C)=O)cc23)C1. The van der Waals surface area contributed by atoms with Crippen LogP contribution in [-0.4, -0.2) is 46.6 Å². The molecule has 3 N–H and O–H groups in total. The zero-order valence-corrected chi connectivity index (χ0v) is 14.4. The summed E-state index contributed by atoms with van der Waals surface area (Å²) in [5.74, 6) is 0.946. The summed E-state index contributed by atoms with van der Waals surface area (Å²) >= 11 is 0. The molecule has 126 valence electrons. The molecule has 7 nitrogen and oxygen atoms in total. The van der Waals surface area contributed by atoms with Crippen LogP contribution in [0, 0.1) is 0 Å². The zero-order valence-electron chi connectivity index (χ0n) is 13.6. The van der Waals surface area contributed by atoms with Crippen molar-refractivity contribution < 1.29 is 8.63 Å². The number of nitrogens with two attached hydrogens (primary N) is 1. The van der Waals surface area contributed by atoms with E-state index in [-0.39, 0.29) is 5.95 Å². The smallest absolute Gasteiger partial charge is 0.222 e. The van der Waals surface area contributed by atoms with Crippen molar-refractivity contribution in [3.8, 4) is 0 Å². The number of aromatic nitrogens is 2. The predicted octanol–water partition coefficient (Wildman–Crippen LogP) is 1.49. The van der Waals surface area contributed by atoms with Gasteiger partial charge in [-0.25, -0.2) is 4.98 Å². The molecular formula is C16H19N5O2S. The Labute approximate surface area is 141 Å². The maximum Gasteiger partial charge on any atom is 0.222 e. The third kappa shape index (κ3) is 2.42. The molecule has 1 aliphatic heterocycles. The minimum atomic E-state index is -1.07. The van der Waals surface area contributed by atoms with Gasteiger partial charge in [0.05, 0.1) is 0 Å². The molecule has 1 unspecified atom stereocenters. The molecule has 1 aliphatic rings. The number of nitrogens with zero attached hydrogens (tertiary/aromatic N) is 3. The standard InChI is InChI=1S/C16H19N5O2S/c1-18-9-5-6-21(8-9)15-14-13(19-16(17)20-15)11-7-10(24(2)22)3-4-12(11)23-14/h3-4,7,9,18H,5-6,8H2,1-2H3,(H2,17,19,20)/t9-,24?/m1/s1. The molecule has 1 fully saturated rings. The van der Waals surface area contributed by atoms with E-state index in [1.807, 2.05) is 25.2 Å². The van der Waals surface area contributed by atoms with Gasteiger partial charge in [0.2, 0.25) is 5.95 Å². The molecule has 3 aromatic rings. The first-order valence-corrected chi connectivity index (χ1v) is 9.38. The van der Waals surface area contributed by atoms with Gasteiger partial charge in [-0.05, 0) is 31.7 Å². The Morgan fingerprint density at radius 3 is 2.96 bits per heavy atom. The summed E-state index contributed by atoms with van der Waals surface area (Å²) in [5, 5.41) is 4.11. The fourth-order valence-electron chi connectivity index (χ4n) is 3.21. The summed E-state index contributed by atoms with van der Waals surface area (Å²) in [6, 6.07) is 5.92. The average Bonchev–Trinajstić information content (AvgIpc) is 3.18. The van der Waals surface area contributed by atoms with Crippen LogP contribution in [0.3, 0.4) is 0 Å². The quantitative estimate of drug-likeness (QED) is 0.742. The van der Waals surface area contributed by atoms with E-state index in [1.165, 1.54) is 0 Å². The number of furan rings is 1. The fraction of sp³-hybridized carbons (Fsp3) is 0.375. The minimum Gasteiger partial charge on any atom is -0.450 e. The van der Waals surface area contributed by atoms with Gasteiger partial charge in [-0.2, -0.15) is 4.98 Å². The third-order valence-electron chi connectivity index (χ3n) is 4.51. The lowest BCUT2D eigenvalue weighted by molar-refractivity contribution is 0.615. The van der Waals surface area contributed by atoms with E-state index in [9.17, 15) is 4.21 Å². The van der Waals surface area contributed by atoms with Crippen LogP contribution in [0.1, 0.15) is 6.42 Å². The molecule has 1 saturated heterocycles. The summed E-state index contributed by atoms with van der Waals surface area (Å²) in [6.45, 7) is 1.74. The highest BCUT2D eigenvalue weighted by atomic mass is 32.2. The van der Waals surface area contributed by atoms with Crippen molar-refractivity contribution in [3.63, 3.8) is 0 Å². The van der Waals surface area contributed by atoms with Crippen LogP contribution in [0.2, 0.25) is 0 Å². The minimum absolute atomic E-state index is 0.219. The summed E-state index contributed by atoms with van der Waals surface area (Å²) in [6.07, 6.45) is 2.70. The second-order valence-electron chi connectivity index (χ2n) is 6.02. The Morgan fingerprint density at radius 2 is 2.25 bits per heavy atom. The molecule has 2 aromatic heterocycles. The van der Waals surface area contributed by atoms with Crippen molar-refractivity contribution in [2.75, 3.05) is 37.0 Å². The highest BCUT2D eigenvalue weighted by molar-refractivity contribution is 7.84. The molecule has 1 aromatic carbocycles. The van der Waals surface area contributed by atoms with E-state index in [0.717, 1.165) is 35.6 Å². The molecule has 0 bridgehead atoms. The summed E-state index contributed by atoms with van der Waals surface area (Å²) in [4.78, 5) is 11.7. The molecule has 0 amide bonds. The van der Waals surface area contributed by atoms with Crippen LogP contribution in [0.25, 0.3) is 22.1 Å². The number of likely N-dealkylation sites (N-methyl/N-ethyl adjacent to an activating group) is 1. The van der Waals surface area contributed by atoms with E-state index in [0.29, 0.717) is 22.7 Å². The van der Waals surface area contributed by atoms with Gasteiger partial charge in [0.25, 0.3) is 0 Å². The van der Waals surface area contributed by atoms with E-state index >= 15 is 0 Å². The van der Waals surface area contributed by atoms with E-state index in [2.05, 4.69) is 20.2 Å². The van der Waals surface area contributed by atoms with Gasteiger partial charge in [0.1, 0.15) is 11.1 Å². The lowest BCUT2D eigenvalue weighted by Gasteiger charge is -2.17. The van der Waals surface area contributed by atoms with Gasteiger partial charge < -0.3 is 20.4 Å². The molecule has 2 atom stereocenters. The normalized spacial score (nSPS) is 19.4. The van der Waals surface area contributed by atoms with Crippen LogP contribution in [0.4, 0.5) is 11.8 Å². The molecule has 0 aliphatic carbocycles. The van der Waals surface area contributed by atoms with Crippen LogP contribution >= 0.6 is 0 Å². The second-order valence-corrected chi connectivity index (χ2v) is 7.40. The van der Waals surface area contributed by atoms with Crippen molar-refractivity contribution in [3.05, 3.63) is 18.2 Å². The molecule has 0 saturated carbocycles. The van der Waals surface area contributed by atoms with Gasteiger partial charge in [-0.1, -0.05) is 0 Å². The molecule has 4 rings (SSSR count). The largest absolute Gasteiger partial charge is 0.450 e. The van der Waals surface area contributed by atoms with Crippen molar-refractivity contribution in [1.82, 2.24) is 15.3 Å². The first kappa shape index (κ1) is 15.3. The van der Waals surface area contributed by atoms with Crippen LogP contribution < -0.4 is 16.0 Å². The van der Waals surface area contributed by atoms with Crippen molar-refractivity contribution in [2.24, 2.45) is 0 Å². The number of nitrogen functional groups attached to an aromatic ring is 1. The number of rotatable bonds is 3. The van der Waals surface area contributed by atoms with Crippen LogP contribution in [-0.2, 0) is 10.8 Å². The number of anilines is 2. The predicted molar refractivity (Wildman–Crippen MR) is 95.7 cm³/mol. The molecule has 8 heteroatoms. The molecule has 3 heterocycles. The number of hydrogen-bond acceptors (Lipinski definition) is 7. The number of fused-ring (bicyclic) bond motifs is 3. The summed E-state index contributed by atoms with van der Waals surface area (Å²) in [5.41, 5.74) is 7.95. The summed E-state index contributed by atoms with van der Waals surface area (Å²) < 4.78 is 17.8. The van der Waals surface area contributed by atoms with Gasteiger partial charge in [0.15, 0.2) is 11.4 Å². The third-order valence-corrected chi connectivity index (χ3v) is 5.43. The Balaban J connectivity index is 1.92. The van der Waals surface area contributed by atoms with Gasteiger partial charge >= 0.3 is 0 Å². The Kier molecular flexibility index (Phi) is 3.65. The fourth-order valence-corrected chi connectivity index (χ4v) is 3.75. The second kappa shape index (κ2) is 5.71. The number of nitrogens with one attached hydrogen (secondary N) is 1. The van der Waals surface area contributed by atoms with Gasteiger partial charge in [-0.3, -0.25) is 4.21 Å². The first-order chi connectivity index (χ1) is 11.6. The monoisotopic (exact) mass is 345 g/mol. The molecule has 0 spiro atoms. The van der Waals surface area contributed by atoms with Gasteiger partial charge in [0, 0.05) is 46.5 Å². The Bertz CT molecular complexity index is 954. The van der Waals surface area contributed by atoms with E-state index in [4.69, 9.17) is 10.2 Å². The Morgan fingerprint density at radius 1 is 1.42 bits per heavy atom. The van der Waals surface area contributed by atoms with Crippen molar-refractivity contribution in [2.45, 2.75) is 17.4 Å². The van der Waals surface area contributed by atoms with Crippen LogP contribution in [0.5, 0.6) is 0 Å². The first-order valence-electron chi connectivity index (χ1n) is 7.82. The zero-order chi connectivity index (χ0) is 16.8. The lowest BCUT2D eigenvalue weighted by Crippen LogP contribution is -2.30. The maximum absolute atomic E-state index is 11.8. The average molecular weight is 345 g/mol. The molecular weight excluding hydrogens is 326 g/mol. The summed E-state index contributed by atoms with van der Waals surface area (Å²) in [7, 11) is 0.898. The van der Waals surface area contributed by atoms with E-state index < -0.39 is 10.8 Å². The topological polar surface area (TPSA) is 97.3 Å². The lowest BCUT2D eigenvalue weighted by atomic mass is 10.2. The van der Waals surface area contributed by atoms with Crippen LogP contribution in [0.15, 0.2) is 27.5 Å². The number of benzene rings is 1. The van der Waals surface area contributed by atoms with E-state index in [1.54, 1.807) is 6.26 Å². The highest BCUT2D eigenvalue weighted by Crippen LogP contribution is 2.35. The Hall–Kier alpha value is -2.19. The number of hydrogen-bond donors (Lipinski definition) is 2. The van der Waals surface area contributed by atoms with Gasteiger partial charge in [-0.15, -0.1) is 0 Å². The molecule has 0 radical (unpaired) electrons.